The molecule has 4 aromatic rings. The molecular formula is C32H31F3N4OS. The van der Waals surface area contributed by atoms with Gasteiger partial charge in [-0.25, -0.2) is 0 Å². The Bertz CT molecular complexity index is 1550. The second-order valence-corrected chi connectivity index (χ2v) is 11.1. The molecule has 3 heterocycles. The molecule has 212 valence electrons. The molecule has 1 saturated carbocycles. The van der Waals surface area contributed by atoms with Crippen molar-refractivity contribution >= 4 is 23.0 Å². The fourth-order valence-electron chi connectivity index (χ4n) is 6.20. The molecule has 0 spiro atoms. The molecule has 1 aliphatic heterocycles. The molecule has 41 heavy (non-hydrogen) atoms. The van der Waals surface area contributed by atoms with Gasteiger partial charge < -0.3 is 19.5 Å². The van der Waals surface area contributed by atoms with Gasteiger partial charge in [0, 0.05) is 23.3 Å². The maximum absolute atomic E-state index is 14.0. The second kappa shape index (κ2) is 10.9. The Morgan fingerprint density at radius 2 is 1.66 bits per heavy atom. The van der Waals surface area contributed by atoms with E-state index in [0.29, 0.717) is 16.5 Å². The van der Waals surface area contributed by atoms with Gasteiger partial charge >= 0.3 is 6.18 Å². The molecule has 2 aromatic heterocycles. The first-order valence-corrected chi connectivity index (χ1v) is 14.3. The number of benzene rings is 2. The molecular weight excluding hydrogens is 545 g/mol. The molecule has 2 atom stereocenters. The van der Waals surface area contributed by atoms with Crippen LogP contribution in [0.5, 0.6) is 5.75 Å². The topological polar surface area (TPSA) is 42.3 Å². The number of ether oxygens (including phenoxy) is 1. The predicted molar refractivity (Wildman–Crippen MR) is 158 cm³/mol. The Morgan fingerprint density at radius 1 is 0.951 bits per heavy atom. The zero-order valence-corrected chi connectivity index (χ0v) is 23.7. The van der Waals surface area contributed by atoms with Gasteiger partial charge in [0.1, 0.15) is 5.75 Å². The molecule has 0 amide bonds. The van der Waals surface area contributed by atoms with Crippen LogP contribution in [0.3, 0.4) is 0 Å². The lowest BCUT2D eigenvalue weighted by atomic mass is 9.96. The summed E-state index contributed by atoms with van der Waals surface area (Å²) in [6, 6.07) is 20.6. The number of para-hydroxylation sites is 1. The summed E-state index contributed by atoms with van der Waals surface area (Å²) in [4.78, 5) is 6.65. The molecule has 1 N–H and O–H groups in total. The van der Waals surface area contributed by atoms with E-state index in [1.54, 1.807) is 16.8 Å². The number of hydrogen-bond acceptors (Lipinski definition) is 3. The van der Waals surface area contributed by atoms with Gasteiger partial charge in [0.05, 0.1) is 35.1 Å². The first-order chi connectivity index (χ1) is 19.7. The molecule has 0 bridgehead atoms. The summed E-state index contributed by atoms with van der Waals surface area (Å²) in [5, 5.41) is 3.97. The number of rotatable bonds is 6. The monoisotopic (exact) mass is 576 g/mol. The highest BCUT2D eigenvalue weighted by atomic mass is 32.1. The third-order valence-corrected chi connectivity index (χ3v) is 8.37. The van der Waals surface area contributed by atoms with Crippen LogP contribution in [0.1, 0.15) is 66.0 Å². The van der Waals surface area contributed by atoms with Crippen LogP contribution in [0, 0.1) is 13.8 Å². The Hall–Kier alpha value is -3.85. The molecule has 9 heteroatoms. The number of anilines is 1. The highest BCUT2D eigenvalue weighted by molar-refractivity contribution is 7.80. The number of halogens is 3. The molecule has 2 aromatic carbocycles. The van der Waals surface area contributed by atoms with Crippen molar-refractivity contribution in [3.63, 3.8) is 0 Å². The number of pyridine rings is 1. The zero-order chi connectivity index (χ0) is 28.7. The van der Waals surface area contributed by atoms with Crippen molar-refractivity contribution < 1.29 is 17.9 Å². The van der Waals surface area contributed by atoms with E-state index in [1.807, 2.05) is 67.3 Å². The van der Waals surface area contributed by atoms with Crippen molar-refractivity contribution in [1.29, 1.82) is 0 Å². The average molecular weight is 577 g/mol. The molecule has 0 unspecified atom stereocenters. The fraction of sp³-hybridized carbons (Fsp3) is 0.312. The maximum Gasteiger partial charge on any atom is 0.418 e. The number of alkyl halides is 3. The van der Waals surface area contributed by atoms with Crippen LogP contribution in [0.25, 0.3) is 5.69 Å². The van der Waals surface area contributed by atoms with Crippen molar-refractivity contribution in [2.24, 2.45) is 0 Å². The second-order valence-electron chi connectivity index (χ2n) is 10.7. The van der Waals surface area contributed by atoms with Crippen LogP contribution in [0.15, 0.2) is 79.0 Å². The van der Waals surface area contributed by atoms with Gasteiger partial charge in [-0.15, -0.1) is 0 Å². The molecule has 1 aliphatic carbocycles. The van der Waals surface area contributed by atoms with Crippen LogP contribution in [0.4, 0.5) is 18.9 Å². The summed E-state index contributed by atoms with van der Waals surface area (Å²) in [5.41, 5.74) is 3.37. The SMILES string of the molecule is Cc1cc([C@@H]2[C@@H](c3ccccn3)NC(=S)N2c2ccc(OC3CCCC3)cc2)c(C)n1-c1ccccc1C(F)(F)F. The lowest BCUT2D eigenvalue weighted by molar-refractivity contribution is -0.137. The van der Waals surface area contributed by atoms with Crippen LogP contribution in [0.2, 0.25) is 0 Å². The molecule has 5 nitrogen and oxygen atoms in total. The number of hydrogen-bond donors (Lipinski definition) is 1. The van der Waals surface area contributed by atoms with Gasteiger partial charge in [0.2, 0.25) is 0 Å². The number of aryl methyl sites for hydroxylation is 1. The van der Waals surface area contributed by atoms with Gasteiger partial charge in [0.25, 0.3) is 0 Å². The standard InChI is InChI=1S/C32H31F3N4OS/c1-20-19-25(21(2)38(20)28-13-6-5-11-26(28)32(33,34)35)30-29(27-12-7-8-18-36-27)37-31(41)39(30)22-14-16-24(17-15-22)40-23-9-3-4-10-23/h5-8,11-19,23,29-30H,3-4,9-10H2,1-2H3,(H,37,41)/t29-,30-/m1/s1. The van der Waals surface area contributed by atoms with E-state index in [4.69, 9.17) is 17.0 Å². The van der Waals surface area contributed by atoms with Crippen LogP contribution < -0.4 is 15.0 Å². The summed E-state index contributed by atoms with van der Waals surface area (Å²) in [6.45, 7) is 3.70. The summed E-state index contributed by atoms with van der Waals surface area (Å²) in [7, 11) is 0. The minimum atomic E-state index is -4.48. The van der Waals surface area contributed by atoms with E-state index in [0.717, 1.165) is 41.6 Å². The number of thiocarbonyl (C=S) groups is 1. The first-order valence-electron chi connectivity index (χ1n) is 13.8. The molecule has 2 aliphatic rings. The smallest absolute Gasteiger partial charge is 0.418 e. The normalized spacial score (nSPS) is 19.5. The number of nitrogens with one attached hydrogen (secondary N) is 1. The van der Waals surface area contributed by atoms with E-state index in [1.165, 1.54) is 25.0 Å². The van der Waals surface area contributed by atoms with Crippen molar-refractivity contribution in [2.45, 2.75) is 63.9 Å². The Labute approximate surface area is 243 Å². The predicted octanol–water partition coefficient (Wildman–Crippen LogP) is 8.01. The highest BCUT2D eigenvalue weighted by Gasteiger charge is 2.43. The summed E-state index contributed by atoms with van der Waals surface area (Å²) >= 11 is 5.87. The van der Waals surface area contributed by atoms with E-state index < -0.39 is 11.7 Å². The van der Waals surface area contributed by atoms with Crippen molar-refractivity contribution in [3.8, 4) is 11.4 Å². The maximum atomic E-state index is 14.0. The Kier molecular flexibility index (Phi) is 7.23. The minimum absolute atomic E-state index is 0.101. The first kappa shape index (κ1) is 27.3. The Balaban J connectivity index is 1.44. The fourth-order valence-corrected chi connectivity index (χ4v) is 6.55. The summed E-state index contributed by atoms with van der Waals surface area (Å²) in [5.74, 6) is 0.818. The van der Waals surface area contributed by atoms with E-state index in [-0.39, 0.29) is 23.9 Å². The number of aromatic nitrogens is 2. The van der Waals surface area contributed by atoms with Crippen molar-refractivity contribution in [2.75, 3.05) is 4.90 Å². The summed E-state index contributed by atoms with van der Waals surface area (Å²) in [6.07, 6.45) is 2.03. The molecule has 2 fully saturated rings. The van der Waals surface area contributed by atoms with E-state index >= 15 is 0 Å². The molecule has 0 radical (unpaired) electrons. The van der Waals surface area contributed by atoms with E-state index in [2.05, 4.69) is 10.3 Å². The number of nitrogens with zero attached hydrogens (tertiary/aromatic N) is 3. The van der Waals surface area contributed by atoms with Crippen molar-refractivity contribution in [3.05, 3.63) is 107 Å². The van der Waals surface area contributed by atoms with Crippen LogP contribution in [-0.2, 0) is 6.18 Å². The lowest BCUT2D eigenvalue weighted by Crippen LogP contribution is -2.29. The third-order valence-electron chi connectivity index (χ3n) is 8.06. The van der Waals surface area contributed by atoms with Gasteiger partial charge in [0.15, 0.2) is 5.11 Å². The van der Waals surface area contributed by atoms with Crippen molar-refractivity contribution in [1.82, 2.24) is 14.9 Å². The van der Waals surface area contributed by atoms with Crippen LogP contribution in [-0.4, -0.2) is 20.8 Å². The third kappa shape index (κ3) is 5.19. The van der Waals surface area contributed by atoms with Gasteiger partial charge in [-0.3, -0.25) is 4.98 Å². The molecule has 1 saturated heterocycles. The molecule has 6 rings (SSSR count). The quantitative estimate of drug-likeness (QED) is 0.236. The van der Waals surface area contributed by atoms with Crippen LogP contribution >= 0.6 is 12.2 Å². The van der Waals surface area contributed by atoms with Gasteiger partial charge in [-0.05, 0) is 112 Å². The minimum Gasteiger partial charge on any atom is -0.490 e. The average Bonchev–Trinajstić information content (AvgIpc) is 3.67. The van der Waals surface area contributed by atoms with Gasteiger partial charge in [-0.1, -0.05) is 18.2 Å². The summed E-state index contributed by atoms with van der Waals surface area (Å²) < 4.78 is 49.9. The van der Waals surface area contributed by atoms with Gasteiger partial charge in [-0.2, -0.15) is 13.2 Å². The Morgan fingerprint density at radius 3 is 2.34 bits per heavy atom. The zero-order valence-electron chi connectivity index (χ0n) is 22.9. The van der Waals surface area contributed by atoms with E-state index in [9.17, 15) is 13.2 Å². The lowest BCUT2D eigenvalue weighted by Gasteiger charge is -2.28. The highest BCUT2D eigenvalue weighted by Crippen LogP contribution is 2.45. The largest absolute Gasteiger partial charge is 0.490 e.